The fraction of sp³-hybridized carbons (Fsp3) is 1.00. The predicted molar refractivity (Wildman–Crippen MR) is 62.9 cm³/mol. The number of halogens is 1. The molecular formula is C11H23ClN2. The van der Waals surface area contributed by atoms with Crippen LogP contribution in [-0.2, 0) is 0 Å². The highest BCUT2D eigenvalue weighted by atomic mass is 35.5. The van der Waals surface area contributed by atoms with Crippen molar-refractivity contribution in [2.45, 2.75) is 65.4 Å². The standard InChI is InChI=1S/C11H23ClN2/c1-9(2,3)8-11(7,12)14-13-10(4,5)6/h8H2,1-7H3/b14-13+. The molecular weight excluding hydrogens is 196 g/mol. The smallest absolute Gasteiger partial charge is 0.152 e. The molecule has 0 N–H and O–H groups in total. The fourth-order valence-electron chi connectivity index (χ4n) is 1.26. The Morgan fingerprint density at radius 2 is 1.29 bits per heavy atom. The normalized spacial score (nSPS) is 18.6. The zero-order valence-electron chi connectivity index (χ0n) is 10.5. The highest BCUT2D eigenvalue weighted by Crippen LogP contribution is 2.33. The van der Waals surface area contributed by atoms with Crippen LogP contribution in [0.2, 0.25) is 0 Å². The highest BCUT2D eigenvalue weighted by Gasteiger charge is 2.28. The summed E-state index contributed by atoms with van der Waals surface area (Å²) in [4.78, 5) is -0.578. The van der Waals surface area contributed by atoms with Gasteiger partial charge in [-0.1, -0.05) is 32.4 Å². The van der Waals surface area contributed by atoms with Crippen LogP contribution in [0.4, 0.5) is 0 Å². The average molecular weight is 219 g/mol. The molecule has 3 heteroatoms. The third-order valence-corrected chi connectivity index (χ3v) is 1.62. The summed E-state index contributed by atoms with van der Waals surface area (Å²) in [7, 11) is 0. The quantitative estimate of drug-likeness (QED) is 0.367. The summed E-state index contributed by atoms with van der Waals surface area (Å²) in [6.45, 7) is 14.4. The van der Waals surface area contributed by atoms with Gasteiger partial charge < -0.3 is 0 Å². The Bertz CT molecular complexity index is 206. The topological polar surface area (TPSA) is 24.7 Å². The number of nitrogens with zero attached hydrogens (tertiary/aromatic N) is 2. The lowest BCUT2D eigenvalue weighted by atomic mass is 9.89. The lowest BCUT2D eigenvalue weighted by Gasteiger charge is -2.26. The lowest BCUT2D eigenvalue weighted by molar-refractivity contribution is 0.317. The first kappa shape index (κ1) is 13.9. The molecule has 0 amide bonds. The minimum Gasteiger partial charge on any atom is -0.187 e. The molecule has 84 valence electrons. The molecule has 14 heavy (non-hydrogen) atoms. The van der Waals surface area contributed by atoms with E-state index in [-0.39, 0.29) is 11.0 Å². The first-order valence-corrected chi connectivity index (χ1v) is 5.42. The molecule has 0 radical (unpaired) electrons. The molecule has 0 aliphatic rings. The van der Waals surface area contributed by atoms with Crippen molar-refractivity contribution >= 4 is 11.6 Å². The van der Waals surface area contributed by atoms with E-state index in [0.717, 1.165) is 6.42 Å². The molecule has 0 aromatic heterocycles. The van der Waals surface area contributed by atoms with Crippen molar-refractivity contribution in [3.8, 4) is 0 Å². The van der Waals surface area contributed by atoms with Crippen LogP contribution < -0.4 is 0 Å². The predicted octanol–water partition coefficient (Wildman–Crippen LogP) is 4.63. The molecule has 0 fully saturated rings. The molecule has 0 rings (SSSR count). The Morgan fingerprint density at radius 1 is 0.857 bits per heavy atom. The molecule has 0 saturated heterocycles. The molecule has 0 heterocycles. The fourth-order valence-corrected chi connectivity index (χ4v) is 1.70. The Balaban J connectivity index is 4.43. The lowest BCUT2D eigenvalue weighted by Crippen LogP contribution is -2.23. The molecule has 1 unspecified atom stereocenters. The van der Waals surface area contributed by atoms with Gasteiger partial charge in [0, 0.05) is 0 Å². The molecule has 0 aliphatic heterocycles. The summed E-state index contributed by atoms with van der Waals surface area (Å²) in [5.74, 6) is 0. The summed E-state index contributed by atoms with van der Waals surface area (Å²) in [5.41, 5.74) is 0.0292. The van der Waals surface area contributed by atoms with Gasteiger partial charge in [0.05, 0.1) is 5.54 Å². The Kier molecular flexibility index (Phi) is 4.14. The number of hydrogen-bond donors (Lipinski definition) is 0. The molecule has 0 spiro atoms. The maximum atomic E-state index is 6.27. The van der Waals surface area contributed by atoms with E-state index < -0.39 is 5.00 Å². The van der Waals surface area contributed by atoms with Crippen molar-refractivity contribution < 1.29 is 0 Å². The van der Waals surface area contributed by atoms with E-state index in [1.807, 2.05) is 27.7 Å². The van der Waals surface area contributed by atoms with E-state index >= 15 is 0 Å². The third kappa shape index (κ3) is 8.49. The maximum Gasteiger partial charge on any atom is 0.152 e. The van der Waals surface area contributed by atoms with Gasteiger partial charge in [0.15, 0.2) is 5.00 Å². The van der Waals surface area contributed by atoms with Gasteiger partial charge in [-0.3, -0.25) is 0 Å². The third-order valence-electron chi connectivity index (χ3n) is 1.41. The van der Waals surface area contributed by atoms with Crippen LogP contribution in [0.25, 0.3) is 0 Å². The minimum atomic E-state index is -0.578. The van der Waals surface area contributed by atoms with Gasteiger partial charge in [0.2, 0.25) is 0 Å². The van der Waals surface area contributed by atoms with Gasteiger partial charge in [0.1, 0.15) is 0 Å². The van der Waals surface area contributed by atoms with Gasteiger partial charge in [-0.25, -0.2) is 0 Å². The van der Waals surface area contributed by atoms with E-state index in [9.17, 15) is 0 Å². The van der Waals surface area contributed by atoms with Crippen LogP contribution in [0.3, 0.4) is 0 Å². The number of rotatable bonds is 2. The van der Waals surface area contributed by atoms with Crippen LogP contribution >= 0.6 is 11.6 Å². The van der Waals surface area contributed by atoms with Crippen molar-refractivity contribution in [3.05, 3.63) is 0 Å². The Morgan fingerprint density at radius 3 is 1.57 bits per heavy atom. The summed E-state index contributed by atoms with van der Waals surface area (Å²) < 4.78 is 0. The number of azo groups is 1. The van der Waals surface area contributed by atoms with Crippen LogP contribution in [0, 0.1) is 5.41 Å². The summed E-state index contributed by atoms with van der Waals surface area (Å²) in [5, 5.41) is 8.41. The van der Waals surface area contributed by atoms with Gasteiger partial charge >= 0.3 is 0 Å². The minimum absolute atomic E-state index is 0.145. The second-order valence-electron chi connectivity index (χ2n) is 6.25. The van der Waals surface area contributed by atoms with Crippen LogP contribution in [0.1, 0.15) is 54.9 Å². The highest BCUT2D eigenvalue weighted by molar-refractivity contribution is 6.23. The van der Waals surface area contributed by atoms with E-state index in [1.165, 1.54) is 0 Å². The van der Waals surface area contributed by atoms with Crippen molar-refractivity contribution in [3.63, 3.8) is 0 Å². The second kappa shape index (κ2) is 4.18. The second-order valence-corrected chi connectivity index (χ2v) is 7.06. The Hall–Kier alpha value is -0.110. The molecule has 0 aromatic carbocycles. The van der Waals surface area contributed by atoms with E-state index in [2.05, 4.69) is 31.0 Å². The molecule has 1 atom stereocenters. The van der Waals surface area contributed by atoms with Gasteiger partial charge in [-0.2, -0.15) is 10.2 Å². The summed E-state index contributed by atoms with van der Waals surface area (Å²) in [6.07, 6.45) is 0.821. The van der Waals surface area contributed by atoms with E-state index in [4.69, 9.17) is 11.6 Å². The van der Waals surface area contributed by atoms with Crippen LogP contribution in [-0.4, -0.2) is 10.5 Å². The molecule has 2 nitrogen and oxygen atoms in total. The SMILES string of the molecule is CC(C)(C)CC(C)(Cl)/N=N/C(C)(C)C. The summed E-state index contributed by atoms with van der Waals surface area (Å²) in [6, 6.07) is 0. The largest absolute Gasteiger partial charge is 0.187 e. The van der Waals surface area contributed by atoms with Crippen molar-refractivity contribution in [2.75, 3.05) is 0 Å². The van der Waals surface area contributed by atoms with Gasteiger partial charge in [0.25, 0.3) is 0 Å². The molecule has 0 aliphatic carbocycles. The van der Waals surface area contributed by atoms with Crippen molar-refractivity contribution in [2.24, 2.45) is 15.6 Å². The van der Waals surface area contributed by atoms with E-state index in [0.29, 0.717) is 0 Å². The van der Waals surface area contributed by atoms with Crippen molar-refractivity contribution in [1.82, 2.24) is 0 Å². The Labute approximate surface area is 93.1 Å². The first-order valence-electron chi connectivity index (χ1n) is 5.04. The average Bonchev–Trinajstić information content (AvgIpc) is 1.76. The number of alkyl halides is 1. The zero-order chi connectivity index (χ0) is 11.6. The monoisotopic (exact) mass is 218 g/mol. The molecule has 0 bridgehead atoms. The van der Waals surface area contributed by atoms with Gasteiger partial charge in [-0.05, 0) is 39.5 Å². The van der Waals surface area contributed by atoms with Crippen LogP contribution in [0.5, 0.6) is 0 Å². The van der Waals surface area contributed by atoms with E-state index in [1.54, 1.807) is 0 Å². The zero-order valence-corrected chi connectivity index (χ0v) is 11.2. The van der Waals surface area contributed by atoms with Crippen molar-refractivity contribution in [1.29, 1.82) is 0 Å². The first-order chi connectivity index (χ1) is 5.91. The van der Waals surface area contributed by atoms with Crippen LogP contribution in [0.15, 0.2) is 10.2 Å². The molecule has 0 saturated carbocycles. The molecule has 0 aromatic rings. The van der Waals surface area contributed by atoms with Gasteiger partial charge in [-0.15, -0.1) is 0 Å². The maximum absolute atomic E-state index is 6.27. The summed E-state index contributed by atoms with van der Waals surface area (Å²) >= 11 is 6.27. The number of hydrogen-bond acceptors (Lipinski definition) is 2.